The summed E-state index contributed by atoms with van der Waals surface area (Å²) >= 11 is 0. The van der Waals surface area contributed by atoms with E-state index in [1.165, 1.54) is 0 Å². The monoisotopic (exact) mass is 393 g/mol. The van der Waals surface area contributed by atoms with Gasteiger partial charge in [-0.15, -0.1) is 0 Å². The Bertz CT molecular complexity index is 989. The predicted octanol–water partition coefficient (Wildman–Crippen LogP) is 2.55. The Hall–Kier alpha value is -3.03. The van der Waals surface area contributed by atoms with Crippen LogP contribution in [0.2, 0.25) is 0 Å². The minimum absolute atomic E-state index is 0.0510. The van der Waals surface area contributed by atoms with Crippen LogP contribution in [0.15, 0.2) is 60.1 Å². The number of hydrogen-bond acceptors (Lipinski definition) is 5. The highest BCUT2D eigenvalue weighted by atomic mass is 16.3. The van der Waals surface area contributed by atoms with Crippen LogP contribution < -0.4 is 10.7 Å². The summed E-state index contributed by atoms with van der Waals surface area (Å²) in [6.45, 7) is 7.17. The van der Waals surface area contributed by atoms with Crippen molar-refractivity contribution in [2.45, 2.75) is 39.0 Å². The molecule has 152 valence electrons. The normalized spacial score (nSPS) is 13.1. The van der Waals surface area contributed by atoms with E-state index in [0.29, 0.717) is 18.7 Å². The second kappa shape index (κ2) is 8.98. The van der Waals surface area contributed by atoms with E-state index in [4.69, 9.17) is 0 Å². The second-order valence-corrected chi connectivity index (χ2v) is 7.97. The van der Waals surface area contributed by atoms with Crippen LogP contribution in [-0.4, -0.2) is 45.0 Å². The van der Waals surface area contributed by atoms with E-state index in [1.54, 1.807) is 30.7 Å². The number of carbonyl (C=O) groups is 1. The Labute approximate surface area is 170 Å². The highest BCUT2D eigenvalue weighted by molar-refractivity contribution is 6.00. The van der Waals surface area contributed by atoms with Crippen molar-refractivity contribution in [2.24, 2.45) is 5.10 Å². The van der Waals surface area contributed by atoms with Crippen molar-refractivity contribution in [3.63, 3.8) is 0 Å². The molecule has 29 heavy (non-hydrogen) atoms. The highest BCUT2D eigenvalue weighted by Gasteiger charge is 2.14. The van der Waals surface area contributed by atoms with E-state index in [1.807, 2.05) is 35.0 Å². The second-order valence-electron chi connectivity index (χ2n) is 7.97. The largest absolute Gasteiger partial charge is 0.390 e. The molecule has 3 rings (SSSR count). The minimum atomic E-state index is -0.527. The molecule has 3 aromatic rings. The highest BCUT2D eigenvalue weighted by Crippen LogP contribution is 2.20. The van der Waals surface area contributed by atoms with Crippen molar-refractivity contribution in [2.75, 3.05) is 6.54 Å². The number of aromatic nitrogens is 2. The van der Waals surface area contributed by atoms with Gasteiger partial charge in [-0.2, -0.15) is 5.10 Å². The van der Waals surface area contributed by atoms with Crippen molar-refractivity contribution in [1.29, 1.82) is 0 Å². The van der Waals surface area contributed by atoms with E-state index < -0.39 is 6.10 Å². The van der Waals surface area contributed by atoms with E-state index in [9.17, 15) is 9.90 Å². The van der Waals surface area contributed by atoms with Crippen molar-refractivity contribution >= 4 is 23.0 Å². The van der Waals surface area contributed by atoms with Crippen LogP contribution in [0.4, 0.5) is 0 Å². The number of β-amino-alcohol motifs (C(OH)–C–C–N with tert-alkyl or cyclic N) is 1. The fourth-order valence-corrected chi connectivity index (χ4v) is 2.97. The number of aliphatic hydroxyl groups is 1. The Morgan fingerprint density at radius 3 is 2.69 bits per heavy atom. The lowest BCUT2D eigenvalue weighted by molar-refractivity contribution is 0.0955. The van der Waals surface area contributed by atoms with Gasteiger partial charge in [0.1, 0.15) is 0 Å². The smallest absolute Gasteiger partial charge is 0.271 e. The van der Waals surface area contributed by atoms with Crippen molar-refractivity contribution in [3.05, 3.63) is 66.1 Å². The fraction of sp³-hybridized carbons (Fsp3) is 0.318. The molecule has 0 aliphatic carbocycles. The zero-order chi connectivity index (χ0) is 20.9. The predicted molar refractivity (Wildman–Crippen MR) is 115 cm³/mol. The molecule has 1 aromatic carbocycles. The maximum atomic E-state index is 12.1. The van der Waals surface area contributed by atoms with Gasteiger partial charge in [-0.05, 0) is 39.0 Å². The zero-order valence-electron chi connectivity index (χ0n) is 17.0. The first kappa shape index (κ1) is 20.7. The standard InChI is InChI=1S/C22H27N5O2/c1-22(2,3)24-13-18(28)15-27-14-17(19-6-4-5-7-20(19)27)12-25-26-21(29)16-8-10-23-11-9-16/h4-12,14,18,24,28H,13,15H2,1-3H3,(H,26,29)/b25-12+. The third-order valence-corrected chi connectivity index (χ3v) is 4.41. The molecule has 0 radical (unpaired) electrons. The van der Waals surface area contributed by atoms with E-state index >= 15 is 0 Å². The number of benzene rings is 1. The molecule has 0 aliphatic heterocycles. The van der Waals surface area contributed by atoms with Crippen LogP contribution in [0.3, 0.4) is 0 Å². The first-order valence-corrected chi connectivity index (χ1v) is 9.58. The molecule has 0 bridgehead atoms. The summed E-state index contributed by atoms with van der Waals surface area (Å²) in [5, 5.41) is 18.8. The van der Waals surface area contributed by atoms with Gasteiger partial charge in [0.2, 0.25) is 0 Å². The number of rotatable bonds is 7. The summed E-state index contributed by atoms with van der Waals surface area (Å²) in [7, 11) is 0. The number of aliphatic hydroxyl groups excluding tert-OH is 1. The number of amides is 1. The molecule has 3 N–H and O–H groups in total. The number of para-hydroxylation sites is 1. The number of hydrazone groups is 1. The molecule has 0 aliphatic rings. The summed E-state index contributed by atoms with van der Waals surface area (Å²) < 4.78 is 2.01. The molecule has 1 amide bonds. The van der Waals surface area contributed by atoms with Gasteiger partial charge in [0.15, 0.2) is 0 Å². The van der Waals surface area contributed by atoms with Gasteiger partial charge in [-0.1, -0.05) is 18.2 Å². The summed E-state index contributed by atoms with van der Waals surface area (Å²) in [5.74, 6) is -0.295. The van der Waals surface area contributed by atoms with Gasteiger partial charge >= 0.3 is 0 Å². The average molecular weight is 393 g/mol. The maximum absolute atomic E-state index is 12.1. The van der Waals surface area contributed by atoms with Gasteiger partial charge in [-0.25, -0.2) is 5.43 Å². The number of nitrogens with zero attached hydrogens (tertiary/aromatic N) is 3. The summed E-state index contributed by atoms with van der Waals surface area (Å²) in [4.78, 5) is 16.0. The van der Waals surface area contributed by atoms with Gasteiger partial charge in [0.05, 0.1) is 12.3 Å². The summed E-state index contributed by atoms with van der Waals surface area (Å²) in [6, 6.07) is 11.2. The molecular weight excluding hydrogens is 366 g/mol. The lowest BCUT2D eigenvalue weighted by atomic mass is 10.1. The average Bonchev–Trinajstić information content (AvgIpc) is 3.04. The topological polar surface area (TPSA) is 91.5 Å². The van der Waals surface area contributed by atoms with Crippen LogP contribution in [0, 0.1) is 0 Å². The first-order valence-electron chi connectivity index (χ1n) is 9.58. The Balaban J connectivity index is 1.73. The fourth-order valence-electron chi connectivity index (χ4n) is 2.97. The quantitative estimate of drug-likeness (QED) is 0.425. The first-order chi connectivity index (χ1) is 13.8. The van der Waals surface area contributed by atoms with Gasteiger partial charge in [0, 0.05) is 59.2 Å². The summed E-state index contributed by atoms with van der Waals surface area (Å²) in [6.07, 6.45) is 6.16. The molecule has 1 atom stereocenters. The number of carbonyl (C=O) groups excluding carboxylic acids is 1. The summed E-state index contributed by atoms with van der Waals surface area (Å²) in [5.41, 5.74) is 4.85. The number of fused-ring (bicyclic) bond motifs is 1. The van der Waals surface area contributed by atoms with Crippen molar-refractivity contribution in [3.8, 4) is 0 Å². The van der Waals surface area contributed by atoms with Crippen LogP contribution in [0.25, 0.3) is 10.9 Å². The van der Waals surface area contributed by atoms with Crippen molar-refractivity contribution < 1.29 is 9.90 Å². The number of hydrogen-bond donors (Lipinski definition) is 3. The van der Waals surface area contributed by atoms with Crippen LogP contribution in [0.5, 0.6) is 0 Å². The zero-order valence-corrected chi connectivity index (χ0v) is 17.0. The molecule has 0 saturated heterocycles. The third-order valence-electron chi connectivity index (χ3n) is 4.41. The third kappa shape index (κ3) is 5.73. The van der Waals surface area contributed by atoms with E-state index in [-0.39, 0.29) is 11.4 Å². The van der Waals surface area contributed by atoms with Crippen LogP contribution in [-0.2, 0) is 6.54 Å². The molecule has 1 unspecified atom stereocenters. The van der Waals surface area contributed by atoms with Crippen LogP contribution in [0.1, 0.15) is 36.7 Å². The Morgan fingerprint density at radius 1 is 1.24 bits per heavy atom. The lowest BCUT2D eigenvalue weighted by Crippen LogP contribution is -2.41. The van der Waals surface area contributed by atoms with E-state index in [0.717, 1.165) is 16.5 Å². The molecule has 2 heterocycles. The maximum Gasteiger partial charge on any atom is 0.271 e. The molecule has 7 heteroatoms. The SMILES string of the molecule is CC(C)(C)NCC(O)Cn1cc(/C=N/NC(=O)c2ccncc2)c2ccccc21. The van der Waals surface area contributed by atoms with Gasteiger partial charge in [-0.3, -0.25) is 9.78 Å². The molecular formula is C22H27N5O2. The van der Waals surface area contributed by atoms with Crippen LogP contribution >= 0.6 is 0 Å². The van der Waals surface area contributed by atoms with Gasteiger partial charge < -0.3 is 15.0 Å². The molecule has 0 spiro atoms. The molecule has 0 fully saturated rings. The number of nitrogens with one attached hydrogen (secondary N) is 2. The molecule has 2 aromatic heterocycles. The lowest BCUT2D eigenvalue weighted by Gasteiger charge is -2.23. The Kier molecular flexibility index (Phi) is 6.41. The number of pyridine rings is 1. The molecule has 7 nitrogen and oxygen atoms in total. The molecule has 0 saturated carbocycles. The van der Waals surface area contributed by atoms with E-state index in [2.05, 4.69) is 41.6 Å². The Morgan fingerprint density at radius 2 is 1.97 bits per heavy atom. The van der Waals surface area contributed by atoms with Gasteiger partial charge in [0.25, 0.3) is 5.91 Å². The van der Waals surface area contributed by atoms with Crippen molar-refractivity contribution in [1.82, 2.24) is 20.3 Å². The minimum Gasteiger partial charge on any atom is -0.390 e.